The Morgan fingerprint density at radius 2 is 1.82 bits per heavy atom. The lowest BCUT2D eigenvalue weighted by molar-refractivity contribution is -0.137. The smallest absolute Gasteiger partial charge is 0.337 e. The highest BCUT2D eigenvalue weighted by Gasteiger charge is 2.23. The maximum absolute atomic E-state index is 14.1. The van der Waals surface area contributed by atoms with Crippen LogP contribution < -0.4 is 10.0 Å². The van der Waals surface area contributed by atoms with Gasteiger partial charge in [-0.15, -0.1) is 0 Å². The molecule has 0 saturated heterocycles. The Morgan fingerprint density at radius 3 is 2.38 bits per heavy atom. The second-order valence-electron chi connectivity index (χ2n) is 6.77. The standard InChI is InChI=1S/C19H17ClFN5O7S/c20-14-7-15(21)16(6-13(14)19(30)31)34(32,33)24-8-10-1-3-11(4-2-10)18(29)25-12(5-17(27)28)9-23-26-22/h1-4,6-7,12,24H,5,8-9H2,(H,25,29)(H,27,28)(H,30,31)/t12-/m0/s1. The minimum absolute atomic E-state index is 0.123. The lowest BCUT2D eigenvalue weighted by Crippen LogP contribution is -2.38. The lowest BCUT2D eigenvalue weighted by Gasteiger charge is -2.15. The zero-order valence-electron chi connectivity index (χ0n) is 17.1. The van der Waals surface area contributed by atoms with Crippen LogP contribution in [-0.2, 0) is 21.4 Å². The molecule has 0 unspecified atom stereocenters. The van der Waals surface area contributed by atoms with Crippen molar-refractivity contribution in [1.82, 2.24) is 10.0 Å². The molecule has 34 heavy (non-hydrogen) atoms. The number of amides is 1. The van der Waals surface area contributed by atoms with Crippen LogP contribution in [-0.4, -0.2) is 49.1 Å². The summed E-state index contributed by atoms with van der Waals surface area (Å²) in [6, 6.07) is 5.76. The Bertz CT molecular complexity index is 1260. The van der Waals surface area contributed by atoms with Gasteiger partial charge in [0.2, 0.25) is 10.0 Å². The number of carbonyl (C=O) groups excluding carboxylic acids is 1. The third-order valence-electron chi connectivity index (χ3n) is 4.35. The molecule has 2 aromatic rings. The Morgan fingerprint density at radius 1 is 1.18 bits per heavy atom. The molecule has 15 heteroatoms. The number of nitrogens with one attached hydrogen (secondary N) is 2. The van der Waals surface area contributed by atoms with Gasteiger partial charge in [-0.05, 0) is 35.4 Å². The average molecular weight is 514 g/mol. The highest BCUT2D eigenvalue weighted by atomic mass is 35.5. The summed E-state index contributed by atoms with van der Waals surface area (Å²) in [6.07, 6.45) is -0.463. The second-order valence-corrected chi connectivity index (χ2v) is 8.91. The van der Waals surface area contributed by atoms with E-state index in [1.807, 2.05) is 0 Å². The molecule has 0 aliphatic heterocycles. The Kier molecular flexibility index (Phi) is 8.92. The summed E-state index contributed by atoms with van der Waals surface area (Å²) in [5.41, 5.74) is 8.29. The van der Waals surface area contributed by atoms with Crippen molar-refractivity contribution in [3.63, 3.8) is 0 Å². The van der Waals surface area contributed by atoms with Crippen molar-refractivity contribution >= 4 is 39.5 Å². The fourth-order valence-corrected chi connectivity index (χ4v) is 4.04. The lowest BCUT2D eigenvalue weighted by atomic mass is 10.1. The van der Waals surface area contributed by atoms with Crippen molar-refractivity contribution in [2.45, 2.75) is 23.9 Å². The molecule has 4 N–H and O–H groups in total. The van der Waals surface area contributed by atoms with E-state index >= 15 is 0 Å². The van der Waals surface area contributed by atoms with Crippen LogP contribution in [0.25, 0.3) is 10.4 Å². The average Bonchev–Trinajstić information content (AvgIpc) is 2.75. The number of rotatable bonds is 11. The first-order valence-electron chi connectivity index (χ1n) is 9.29. The number of carboxylic acid groups (broad SMARTS) is 2. The van der Waals surface area contributed by atoms with Crippen molar-refractivity contribution in [2.24, 2.45) is 5.11 Å². The Labute approximate surface area is 197 Å². The van der Waals surface area contributed by atoms with Crippen molar-refractivity contribution in [3.05, 3.63) is 74.4 Å². The van der Waals surface area contributed by atoms with E-state index in [-0.39, 0.29) is 18.7 Å². The number of hydrogen-bond acceptors (Lipinski definition) is 6. The number of hydrogen-bond donors (Lipinski definition) is 4. The van der Waals surface area contributed by atoms with Gasteiger partial charge in [-0.1, -0.05) is 28.8 Å². The maximum atomic E-state index is 14.1. The van der Waals surface area contributed by atoms with Crippen LogP contribution in [0.15, 0.2) is 46.4 Å². The summed E-state index contributed by atoms with van der Waals surface area (Å²) in [7, 11) is -4.45. The van der Waals surface area contributed by atoms with Crippen LogP contribution >= 0.6 is 11.6 Å². The van der Waals surface area contributed by atoms with Gasteiger partial charge in [0.05, 0.1) is 17.0 Å². The van der Waals surface area contributed by atoms with Crippen molar-refractivity contribution in [3.8, 4) is 0 Å². The summed E-state index contributed by atoms with van der Waals surface area (Å²) in [6.45, 7) is -0.577. The van der Waals surface area contributed by atoms with Crippen LogP contribution in [0.4, 0.5) is 4.39 Å². The molecule has 1 amide bonds. The topological polar surface area (TPSA) is 199 Å². The summed E-state index contributed by atoms with van der Waals surface area (Å²) in [5, 5.41) is 23.2. The number of halogens is 2. The van der Waals surface area contributed by atoms with E-state index in [2.05, 4.69) is 20.1 Å². The van der Waals surface area contributed by atoms with Crippen LogP contribution in [0.3, 0.4) is 0 Å². The van der Waals surface area contributed by atoms with Gasteiger partial charge >= 0.3 is 11.9 Å². The minimum atomic E-state index is -4.45. The van der Waals surface area contributed by atoms with Gasteiger partial charge in [-0.2, -0.15) is 0 Å². The van der Waals surface area contributed by atoms with Crippen molar-refractivity contribution in [2.75, 3.05) is 6.54 Å². The zero-order chi connectivity index (χ0) is 25.5. The van der Waals surface area contributed by atoms with Gasteiger partial charge in [0, 0.05) is 29.6 Å². The Balaban J connectivity index is 2.10. The number of carbonyl (C=O) groups is 3. The first kappa shape index (κ1) is 26.5. The highest BCUT2D eigenvalue weighted by molar-refractivity contribution is 7.89. The molecule has 2 rings (SSSR count). The van der Waals surface area contributed by atoms with Gasteiger partial charge < -0.3 is 15.5 Å². The van der Waals surface area contributed by atoms with Gasteiger partial charge in [-0.25, -0.2) is 22.3 Å². The number of nitrogens with zero attached hydrogens (tertiary/aromatic N) is 3. The molecular weight excluding hydrogens is 497 g/mol. The highest BCUT2D eigenvalue weighted by Crippen LogP contribution is 2.24. The number of benzene rings is 2. The molecule has 0 bridgehead atoms. The van der Waals surface area contributed by atoms with E-state index in [1.54, 1.807) is 0 Å². The molecule has 180 valence electrons. The molecule has 2 aromatic carbocycles. The molecule has 0 heterocycles. The van der Waals surface area contributed by atoms with E-state index in [1.165, 1.54) is 24.3 Å². The number of aliphatic carboxylic acids is 1. The number of carboxylic acids is 2. The van der Waals surface area contributed by atoms with Crippen LogP contribution in [0, 0.1) is 5.82 Å². The molecule has 0 fully saturated rings. The maximum Gasteiger partial charge on any atom is 0.337 e. The van der Waals surface area contributed by atoms with Gasteiger partial charge in [0.1, 0.15) is 10.7 Å². The first-order chi connectivity index (χ1) is 15.9. The van der Waals surface area contributed by atoms with E-state index in [0.29, 0.717) is 17.7 Å². The quantitative estimate of drug-likeness (QED) is 0.201. The largest absolute Gasteiger partial charge is 0.481 e. The predicted molar refractivity (Wildman–Crippen MR) is 116 cm³/mol. The molecule has 0 saturated carbocycles. The zero-order valence-corrected chi connectivity index (χ0v) is 18.7. The van der Waals surface area contributed by atoms with Crippen LogP contribution in [0.2, 0.25) is 5.02 Å². The van der Waals surface area contributed by atoms with E-state index < -0.39 is 61.6 Å². The molecule has 0 aliphatic rings. The Hall–Kier alpha value is -3.71. The molecule has 0 spiro atoms. The molecule has 0 aromatic heterocycles. The fraction of sp³-hybridized carbons (Fsp3) is 0.211. The fourth-order valence-electron chi connectivity index (χ4n) is 2.70. The normalized spacial score (nSPS) is 11.8. The number of azide groups is 1. The predicted octanol–water partition coefficient (Wildman–Crippen LogP) is 2.54. The van der Waals surface area contributed by atoms with Gasteiger partial charge in [0.25, 0.3) is 5.91 Å². The monoisotopic (exact) mass is 513 g/mol. The molecule has 0 aliphatic carbocycles. The molecular formula is C19H17ClFN5O7S. The first-order valence-corrected chi connectivity index (χ1v) is 11.1. The number of sulfonamides is 1. The third-order valence-corrected chi connectivity index (χ3v) is 6.07. The van der Waals surface area contributed by atoms with Crippen LogP contribution in [0.1, 0.15) is 32.7 Å². The van der Waals surface area contributed by atoms with E-state index in [4.69, 9.17) is 27.3 Å². The van der Waals surface area contributed by atoms with Gasteiger partial charge in [-0.3, -0.25) is 9.59 Å². The molecule has 1 atom stereocenters. The summed E-state index contributed by atoms with van der Waals surface area (Å²) in [5.74, 6) is -4.60. The van der Waals surface area contributed by atoms with E-state index in [0.717, 1.165) is 0 Å². The SMILES string of the molecule is [N-]=[N+]=NC[C@H](CC(=O)O)NC(=O)c1ccc(CNS(=O)(=O)c2cc(C(=O)O)c(Cl)cc2F)cc1. The molecule has 12 nitrogen and oxygen atoms in total. The van der Waals surface area contributed by atoms with Crippen LogP contribution in [0.5, 0.6) is 0 Å². The molecule has 0 radical (unpaired) electrons. The summed E-state index contributed by atoms with van der Waals surface area (Å²) < 4.78 is 41.1. The van der Waals surface area contributed by atoms with Crippen molar-refractivity contribution < 1.29 is 37.4 Å². The second kappa shape index (κ2) is 11.4. The number of aromatic carboxylic acids is 1. The summed E-state index contributed by atoms with van der Waals surface area (Å²) >= 11 is 5.62. The van der Waals surface area contributed by atoms with Crippen molar-refractivity contribution in [1.29, 1.82) is 0 Å². The third kappa shape index (κ3) is 7.15. The minimum Gasteiger partial charge on any atom is -0.481 e. The summed E-state index contributed by atoms with van der Waals surface area (Å²) in [4.78, 5) is 36.0. The van der Waals surface area contributed by atoms with E-state index in [9.17, 15) is 27.2 Å². The van der Waals surface area contributed by atoms with Gasteiger partial charge in [0.15, 0.2) is 0 Å².